The van der Waals surface area contributed by atoms with Crippen LogP contribution in [0.3, 0.4) is 0 Å². The Morgan fingerprint density at radius 3 is 2.71 bits per heavy atom. The maximum absolute atomic E-state index is 8.91. The molecule has 0 spiro atoms. The van der Waals surface area contributed by atoms with Crippen molar-refractivity contribution < 1.29 is 10.2 Å². The summed E-state index contributed by atoms with van der Waals surface area (Å²) >= 11 is 0. The summed E-state index contributed by atoms with van der Waals surface area (Å²) in [5, 5.41) is 21.2. The van der Waals surface area contributed by atoms with Gasteiger partial charge in [-0.3, -0.25) is 0 Å². The van der Waals surface area contributed by atoms with Crippen molar-refractivity contribution in [1.82, 2.24) is 10.2 Å². The maximum Gasteiger partial charge on any atom is 0.0556 e. The molecule has 1 fully saturated rings. The summed E-state index contributed by atoms with van der Waals surface area (Å²) in [6.07, 6.45) is 4.41. The molecule has 2 atom stereocenters. The van der Waals surface area contributed by atoms with E-state index in [1.807, 2.05) is 0 Å². The molecule has 1 aliphatic rings. The van der Waals surface area contributed by atoms with Crippen molar-refractivity contribution in [1.29, 1.82) is 0 Å². The first-order valence-corrected chi connectivity index (χ1v) is 6.97. The van der Waals surface area contributed by atoms with Crippen molar-refractivity contribution >= 4 is 0 Å². The van der Waals surface area contributed by atoms with Gasteiger partial charge in [0.25, 0.3) is 0 Å². The van der Waals surface area contributed by atoms with Gasteiger partial charge in [0.05, 0.1) is 6.61 Å². The zero-order valence-corrected chi connectivity index (χ0v) is 11.1. The first-order chi connectivity index (χ1) is 8.30. The molecule has 0 aromatic heterocycles. The lowest BCUT2D eigenvalue weighted by Crippen LogP contribution is -2.50. The molecule has 1 rings (SSSR count). The number of likely N-dealkylation sites (tertiary alicyclic amines) is 1. The lowest BCUT2D eigenvalue weighted by Gasteiger charge is -2.38. The molecule has 4 nitrogen and oxygen atoms in total. The fourth-order valence-electron chi connectivity index (χ4n) is 2.81. The minimum absolute atomic E-state index is 0.214. The van der Waals surface area contributed by atoms with Gasteiger partial charge >= 0.3 is 0 Å². The first-order valence-electron chi connectivity index (χ1n) is 6.97. The molecule has 17 heavy (non-hydrogen) atoms. The van der Waals surface area contributed by atoms with Gasteiger partial charge in [-0.2, -0.15) is 0 Å². The molecule has 0 aromatic carbocycles. The van der Waals surface area contributed by atoms with Gasteiger partial charge in [0.2, 0.25) is 0 Å². The molecule has 1 saturated heterocycles. The van der Waals surface area contributed by atoms with Crippen LogP contribution in [-0.4, -0.2) is 60.5 Å². The Bertz CT molecular complexity index is 174. The Morgan fingerprint density at radius 2 is 2.06 bits per heavy atom. The zero-order chi connectivity index (χ0) is 12.5. The van der Waals surface area contributed by atoms with E-state index in [2.05, 4.69) is 17.1 Å². The van der Waals surface area contributed by atoms with Gasteiger partial charge in [0, 0.05) is 32.3 Å². The topological polar surface area (TPSA) is 55.7 Å². The number of piperidine rings is 1. The van der Waals surface area contributed by atoms with Crippen LogP contribution in [0.15, 0.2) is 0 Å². The summed E-state index contributed by atoms with van der Waals surface area (Å²) in [7, 11) is 0. The maximum atomic E-state index is 8.91. The summed E-state index contributed by atoms with van der Waals surface area (Å²) in [6.45, 7) is 6.86. The minimum atomic E-state index is 0.214. The predicted octanol–water partition coefficient (Wildman–Crippen LogP) is 0.441. The highest BCUT2D eigenvalue weighted by atomic mass is 16.3. The molecule has 0 amide bonds. The third kappa shape index (κ3) is 5.82. The number of aliphatic hydroxyl groups is 2. The Labute approximate surface area is 105 Å². The molecule has 0 aliphatic carbocycles. The van der Waals surface area contributed by atoms with Gasteiger partial charge in [-0.1, -0.05) is 6.92 Å². The summed E-state index contributed by atoms with van der Waals surface area (Å²) in [5.74, 6) is 0.693. The van der Waals surface area contributed by atoms with E-state index in [1.54, 1.807) is 0 Å². The number of hydrogen-bond acceptors (Lipinski definition) is 4. The average Bonchev–Trinajstić information content (AvgIpc) is 2.34. The fourth-order valence-corrected chi connectivity index (χ4v) is 2.81. The highest BCUT2D eigenvalue weighted by molar-refractivity contribution is 4.83. The largest absolute Gasteiger partial charge is 0.396 e. The standard InChI is InChI=1S/C13H28N2O2/c1-2-6-15-10-12(4-3-7-16)9-13(11-15)14-5-8-17/h12-14,16-17H,2-11H2,1H3. The third-order valence-corrected chi connectivity index (χ3v) is 3.47. The van der Waals surface area contributed by atoms with Crippen LogP contribution in [0, 0.1) is 5.92 Å². The molecular weight excluding hydrogens is 216 g/mol. The SMILES string of the molecule is CCCN1CC(CCCO)CC(NCCO)C1. The van der Waals surface area contributed by atoms with Crippen molar-refractivity contribution in [3.63, 3.8) is 0 Å². The van der Waals surface area contributed by atoms with E-state index in [9.17, 15) is 0 Å². The van der Waals surface area contributed by atoms with Crippen molar-refractivity contribution in [3.8, 4) is 0 Å². The van der Waals surface area contributed by atoms with Crippen molar-refractivity contribution in [2.24, 2.45) is 5.92 Å². The average molecular weight is 244 g/mol. The number of nitrogens with one attached hydrogen (secondary N) is 1. The van der Waals surface area contributed by atoms with Crippen LogP contribution >= 0.6 is 0 Å². The highest BCUT2D eigenvalue weighted by Crippen LogP contribution is 2.21. The van der Waals surface area contributed by atoms with Gasteiger partial charge in [0.1, 0.15) is 0 Å². The number of hydrogen-bond donors (Lipinski definition) is 3. The molecule has 0 saturated carbocycles. The molecule has 3 N–H and O–H groups in total. The van der Waals surface area contributed by atoms with Crippen molar-refractivity contribution in [2.45, 2.75) is 38.6 Å². The van der Waals surface area contributed by atoms with E-state index < -0.39 is 0 Å². The zero-order valence-electron chi connectivity index (χ0n) is 11.1. The molecule has 1 aliphatic heterocycles. The van der Waals surface area contributed by atoms with Crippen LogP contribution in [0.25, 0.3) is 0 Å². The first kappa shape index (κ1) is 14.9. The molecule has 0 aromatic rings. The molecule has 0 bridgehead atoms. The van der Waals surface area contributed by atoms with Gasteiger partial charge in [0.15, 0.2) is 0 Å². The van der Waals surface area contributed by atoms with Gasteiger partial charge in [-0.15, -0.1) is 0 Å². The van der Waals surface area contributed by atoms with E-state index in [-0.39, 0.29) is 6.61 Å². The normalized spacial score (nSPS) is 26.3. The predicted molar refractivity (Wildman–Crippen MR) is 70.0 cm³/mol. The molecule has 0 radical (unpaired) electrons. The van der Waals surface area contributed by atoms with Crippen LogP contribution in [0.5, 0.6) is 0 Å². The second-order valence-electron chi connectivity index (χ2n) is 5.10. The monoisotopic (exact) mass is 244 g/mol. The summed E-state index contributed by atoms with van der Waals surface area (Å²) in [5.41, 5.74) is 0. The van der Waals surface area contributed by atoms with Gasteiger partial charge < -0.3 is 20.4 Å². The summed E-state index contributed by atoms with van der Waals surface area (Å²) < 4.78 is 0. The lowest BCUT2D eigenvalue weighted by atomic mass is 9.90. The second-order valence-corrected chi connectivity index (χ2v) is 5.10. The Kier molecular flexibility index (Phi) is 7.77. The van der Waals surface area contributed by atoms with Crippen LogP contribution in [-0.2, 0) is 0 Å². The smallest absolute Gasteiger partial charge is 0.0556 e. The van der Waals surface area contributed by atoms with E-state index in [0.29, 0.717) is 25.1 Å². The van der Waals surface area contributed by atoms with Crippen molar-refractivity contribution in [2.75, 3.05) is 39.4 Å². The molecule has 102 valence electrons. The molecular formula is C13H28N2O2. The molecule has 1 heterocycles. The number of nitrogens with zero attached hydrogens (tertiary/aromatic N) is 1. The number of rotatable bonds is 8. The van der Waals surface area contributed by atoms with E-state index >= 15 is 0 Å². The highest BCUT2D eigenvalue weighted by Gasteiger charge is 2.25. The van der Waals surface area contributed by atoms with Crippen LogP contribution < -0.4 is 5.32 Å². The molecule has 4 heteroatoms. The quantitative estimate of drug-likeness (QED) is 0.580. The minimum Gasteiger partial charge on any atom is -0.396 e. The summed E-state index contributed by atoms with van der Waals surface area (Å²) in [4.78, 5) is 2.51. The Morgan fingerprint density at radius 1 is 1.24 bits per heavy atom. The van der Waals surface area contributed by atoms with E-state index in [4.69, 9.17) is 10.2 Å². The Hall–Kier alpha value is -0.160. The lowest BCUT2D eigenvalue weighted by molar-refractivity contribution is 0.126. The van der Waals surface area contributed by atoms with Crippen LogP contribution in [0.4, 0.5) is 0 Å². The number of aliphatic hydroxyl groups excluding tert-OH is 2. The second kappa shape index (κ2) is 8.86. The summed E-state index contributed by atoms with van der Waals surface area (Å²) in [6, 6.07) is 0.506. The van der Waals surface area contributed by atoms with Crippen molar-refractivity contribution in [3.05, 3.63) is 0 Å². The third-order valence-electron chi connectivity index (χ3n) is 3.47. The van der Waals surface area contributed by atoms with Gasteiger partial charge in [-0.25, -0.2) is 0 Å². The fraction of sp³-hybridized carbons (Fsp3) is 1.00. The molecule has 2 unspecified atom stereocenters. The van der Waals surface area contributed by atoms with E-state index in [1.165, 1.54) is 19.4 Å². The van der Waals surface area contributed by atoms with E-state index in [0.717, 1.165) is 25.9 Å². The van der Waals surface area contributed by atoms with Crippen LogP contribution in [0.2, 0.25) is 0 Å². The van der Waals surface area contributed by atoms with Crippen LogP contribution in [0.1, 0.15) is 32.6 Å². The van der Waals surface area contributed by atoms with Gasteiger partial charge in [-0.05, 0) is 38.1 Å². The Balaban J connectivity index is 2.37.